The topological polar surface area (TPSA) is 75.7 Å². The van der Waals surface area contributed by atoms with Crippen LogP contribution in [0.5, 0.6) is 5.75 Å². The van der Waals surface area contributed by atoms with E-state index in [0.717, 1.165) is 27.8 Å². The van der Waals surface area contributed by atoms with Crippen molar-refractivity contribution in [3.8, 4) is 17.0 Å². The van der Waals surface area contributed by atoms with E-state index in [0.29, 0.717) is 17.2 Å². The predicted molar refractivity (Wildman–Crippen MR) is 103 cm³/mol. The van der Waals surface area contributed by atoms with Gasteiger partial charge in [0.2, 0.25) is 5.95 Å². The fourth-order valence-electron chi connectivity index (χ4n) is 2.93. The highest BCUT2D eigenvalue weighted by molar-refractivity contribution is 5.82. The average Bonchev–Trinajstić information content (AvgIpc) is 3.12. The molecule has 0 aliphatic heterocycles. The van der Waals surface area contributed by atoms with E-state index < -0.39 is 6.36 Å². The average molecular weight is 399 g/mol. The van der Waals surface area contributed by atoms with Gasteiger partial charge in [0.25, 0.3) is 0 Å². The molecule has 148 valence electrons. The van der Waals surface area contributed by atoms with Crippen LogP contribution in [0.15, 0.2) is 48.7 Å². The Morgan fingerprint density at radius 3 is 2.48 bits per heavy atom. The molecule has 4 rings (SSSR count). The highest BCUT2D eigenvalue weighted by Crippen LogP contribution is 2.29. The second-order valence-electron chi connectivity index (χ2n) is 6.48. The number of aromatic amines is 1. The summed E-state index contributed by atoms with van der Waals surface area (Å²) >= 11 is 0. The van der Waals surface area contributed by atoms with Gasteiger partial charge in [-0.05, 0) is 61.9 Å². The van der Waals surface area contributed by atoms with Gasteiger partial charge in [0.15, 0.2) is 0 Å². The van der Waals surface area contributed by atoms with Gasteiger partial charge in [-0.15, -0.1) is 13.2 Å². The number of benzene rings is 2. The summed E-state index contributed by atoms with van der Waals surface area (Å²) in [6.45, 7) is 3.72. The third-order valence-corrected chi connectivity index (χ3v) is 4.45. The molecule has 0 atom stereocenters. The Morgan fingerprint density at radius 2 is 1.76 bits per heavy atom. The first-order chi connectivity index (χ1) is 13.8. The zero-order valence-corrected chi connectivity index (χ0v) is 15.5. The molecule has 9 heteroatoms. The third kappa shape index (κ3) is 4.13. The van der Waals surface area contributed by atoms with Crippen molar-refractivity contribution in [1.29, 1.82) is 0 Å². The Kier molecular flexibility index (Phi) is 4.57. The Hall–Kier alpha value is -3.62. The highest BCUT2D eigenvalue weighted by Gasteiger charge is 2.31. The van der Waals surface area contributed by atoms with Gasteiger partial charge in [-0.1, -0.05) is 0 Å². The van der Waals surface area contributed by atoms with E-state index >= 15 is 0 Å². The maximum absolute atomic E-state index is 12.4. The minimum atomic E-state index is -4.73. The minimum absolute atomic E-state index is 0.281. The number of aromatic nitrogens is 4. The van der Waals surface area contributed by atoms with Gasteiger partial charge < -0.3 is 10.1 Å². The van der Waals surface area contributed by atoms with Crippen molar-refractivity contribution in [2.75, 3.05) is 5.32 Å². The number of anilines is 2. The number of rotatable bonds is 4. The van der Waals surface area contributed by atoms with Gasteiger partial charge >= 0.3 is 6.36 Å². The van der Waals surface area contributed by atoms with Crippen LogP contribution in [0.2, 0.25) is 0 Å². The van der Waals surface area contributed by atoms with Gasteiger partial charge in [-0.2, -0.15) is 5.10 Å². The number of hydrogen-bond acceptors (Lipinski definition) is 5. The largest absolute Gasteiger partial charge is 0.573 e. The Labute approximate surface area is 163 Å². The quantitative estimate of drug-likeness (QED) is 0.488. The lowest BCUT2D eigenvalue weighted by atomic mass is 10.1. The number of hydrogen-bond donors (Lipinski definition) is 2. The zero-order valence-electron chi connectivity index (χ0n) is 15.5. The van der Waals surface area contributed by atoms with Crippen LogP contribution in [-0.2, 0) is 0 Å². The molecule has 2 aromatic heterocycles. The normalized spacial score (nSPS) is 11.6. The smallest absolute Gasteiger partial charge is 0.406 e. The van der Waals surface area contributed by atoms with E-state index in [1.165, 1.54) is 24.3 Å². The molecule has 0 aliphatic rings. The molecule has 0 saturated heterocycles. The molecule has 29 heavy (non-hydrogen) atoms. The van der Waals surface area contributed by atoms with Crippen LogP contribution in [0.3, 0.4) is 0 Å². The van der Waals surface area contributed by atoms with Gasteiger partial charge in [0.05, 0.1) is 17.4 Å². The van der Waals surface area contributed by atoms with Crippen molar-refractivity contribution in [1.82, 2.24) is 20.2 Å². The molecule has 2 heterocycles. The molecule has 0 aliphatic carbocycles. The molecule has 6 nitrogen and oxygen atoms in total. The van der Waals surface area contributed by atoms with E-state index in [2.05, 4.69) is 30.2 Å². The molecule has 0 spiro atoms. The molecule has 2 aromatic carbocycles. The maximum Gasteiger partial charge on any atom is 0.573 e. The number of nitrogens with one attached hydrogen (secondary N) is 2. The first kappa shape index (κ1) is 18.7. The van der Waals surface area contributed by atoms with Crippen molar-refractivity contribution in [3.63, 3.8) is 0 Å². The van der Waals surface area contributed by atoms with E-state index in [1.807, 2.05) is 32.0 Å². The number of fused-ring (bicyclic) bond motifs is 1. The molecular formula is C20H16F3N5O. The van der Waals surface area contributed by atoms with Crippen LogP contribution in [0.4, 0.5) is 24.8 Å². The highest BCUT2D eigenvalue weighted by atomic mass is 19.4. The van der Waals surface area contributed by atoms with Crippen LogP contribution < -0.4 is 10.1 Å². The van der Waals surface area contributed by atoms with Crippen LogP contribution in [0.25, 0.3) is 22.2 Å². The minimum Gasteiger partial charge on any atom is -0.406 e. The predicted octanol–water partition coefficient (Wildman–Crippen LogP) is 5.28. The molecule has 0 saturated carbocycles. The van der Waals surface area contributed by atoms with Crippen LogP contribution >= 0.6 is 0 Å². The monoisotopic (exact) mass is 399 g/mol. The van der Waals surface area contributed by atoms with Crippen molar-refractivity contribution in [2.45, 2.75) is 20.2 Å². The van der Waals surface area contributed by atoms with Crippen LogP contribution in [0, 0.1) is 13.8 Å². The lowest BCUT2D eigenvalue weighted by Crippen LogP contribution is -2.16. The van der Waals surface area contributed by atoms with Gasteiger partial charge in [0.1, 0.15) is 5.75 Å². The number of ether oxygens (including phenoxy) is 1. The molecule has 0 fully saturated rings. The SMILES string of the molecule is Cc1nc(Nc2ccc3[nH]ncc3c2)nc(-c2ccc(OC(F)(F)F)cc2)c1C. The summed E-state index contributed by atoms with van der Waals surface area (Å²) in [6.07, 6.45) is -3.01. The number of halogens is 3. The van der Waals surface area contributed by atoms with E-state index in [4.69, 9.17) is 0 Å². The molecule has 2 N–H and O–H groups in total. The summed E-state index contributed by atoms with van der Waals surface area (Å²) in [5.74, 6) is 0.109. The first-order valence-electron chi connectivity index (χ1n) is 8.70. The second kappa shape index (κ2) is 7.08. The van der Waals surface area contributed by atoms with Gasteiger partial charge in [-0.3, -0.25) is 5.10 Å². The van der Waals surface area contributed by atoms with E-state index in [9.17, 15) is 13.2 Å². The van der Waals surface area contributed by atoms with Gasteiger partial charge in [0, 0.05) is 22.3 Å². The molecule has 0 bridgehead atoms. The third-order valence-electron chi connectivity index (χ3n) is 4.45. The number of alkyl halides is 3. The summed E-state index contributed by atoms with van der Waals surface area (Å²) in [7, 11) is 0. The number of aryl methyl sites for hydroxylation is 1. The van der Waals surface area contributed by atoms with Crippen LogP contribution in [0.1, 0.15) is 11.3 Å². The first-order valence-corrected chi connectivity index (χ1v) is 8.70. The zero-order chi connectivity index (χ0) is 20.6. The Balaban J connectivity index is 1.64. The van der Waals surface area contributed by atoms with E-state index in [-0.39, 0.29) is 5.75 Å². The second-order valence-corrected chi connectivity index (χ2v) is 6.48. The van der Waals surface area contributed by atoms with Crippen molar-refractivity contribution < 1.29 is 17.9 Å². The lowest BCUT2D eigenvalue weighted by Gasteiger charge is -2.13. The molecule has 4 aromatic rings. The Bertz CT molecular complexity index is 1170. The van der Waals surface area contributed by atoms with Gasteiger partial charge in [-0.25, -0.2) is 9.97 Å². The van der Waals surface area contributed by atoms with Crippen molar-refractivity contribution in [2.24, 2.45) is 0 Å². The molecular weight excluding hydrogens is 383 g/mol. The maximum atomic E-state index is 12.4. The van der Waals surface area contributed by atoms with Crippen LogP contribution in [-0.4, -0.2) is 26.5 Å². The lowest BCUT2D eigenvalue weighted by molar-refractivity contribution is -0.274. The molecule has 0 unspecified atom stereocenters. The summed E-state index contributed by atoms with van der Waals surface area (Å²) < 4.78 is 41.0. The molecule has 0 amide bonds. The summed E-state index contributed by atoms with van der Waals surface area (Å²) in [5.41, 5.74) is 4.60. The number of H-pyrrole nitrogens is 1. The van der Waals surface area contributed by atoms with E-state index in [1.54, 1.807) is 6.20 Å². The van der Waals surface area contributed by atoms with Crippen molar-refractivity contribution in [3.05, 3.63) is 59.9 Å². The fourth-order valence-corrected chi connectivity index (χ4v) is 2.93. The summed E-state index contributed by atoms with van der Waals surface area (Å²) in [5, 5.41) is 11.0. The molecule has 0 radical (unpaired) electrons. The Morgan fingerprint density at radius 1 is 1.00 bits per heavy atom. The fraction of sp³-hybridized carbons (Fsp3) is 0.150. The number of nitrogens with zero attached hydrogens (tertiary/aromatic N) is 3. The van der Waals surface area contributed by atoms with Crippen molar-refractivity contribution >= 4 is 22.5 Å². The summed E-state index contributed by atoms with van der Waals surface area (Å²) in [6, 6.07) is 11.3. The summed E-state index contributed by atoms with van der Waals surface area (Å²) in [4.78, 5) is 9.03. The standard InChI is InChI=1S/C20H16F3N5O/c1-11-12(2)25-19(26-15-5-8-17-14(9-15)10-24-28-17)27-18(11)13-3-6-16(7-4-13)29-20(21,22)23/h3-10H,1-2H3,(H,24,28)(H,25,26,27).